The number of aromatic nitrogens is 1. The number of nitrogens with zero attached hydrogens (tertiary/aromatic N) is 2. The molecule has 0 saturated carbocycles. The first-order chi connectivity index (χ1) is 10.5. The van der Waals surface area contributed by atoms with Crippen LogP contribution in [0.2, 0.25) is 0 Å². The number of sulfonamides is 1. The fraction of sp³-hybridized carbons (Fsp3) is 0.438. The summed E-state index contributed by atoms with van der Waals surface area (Å²) in [5.74, 6) is 0.222. The lowest BCUT2D eigenvalue weighted by Gasteiger charge is -2.34. The number of rotatable bonds is 3. The minimum absolute atomic E-state index is 0.00900. The highest BCUT2D eigenvalue weighted by Crippen LogP contribution is 2.29. The molecule has 0 radical (unpaired) electrons. The molecule has 2 N–H and O–H groups in total. The second-order valence-corrected chi connectivity index (χ2v) is 7.88. The fourth-order valence-corrected chi connectivity index (χ4v) is 4.83. The molecule has 1 aromatic carbocycles. The molecule has 2 aromatic rings. The maximum atomic E-state index is 13.0. The SMILES string of the molecule is C[C@H](N)[C@@H]1CCCN(S(=O)(=O)c2cccc3cnccc23)C1. The van der Waals surface area contributed by atoms with E-state index in [1.807, 2.05) is 13.0 Å². The van der Waals surface area contributed by atoms with Crippen LogP contribution < -0.4 is 5.73 Å². The first-order valence-corrected chi connectivity index (χ1v) is 9.02. The van der Waals surface area contributed by atoms with Crippen LogP contribution in [0, 0.1) is 5.92 Å². The molecule has 0 bridgehead atoms. The van der Waals surface area contributed by atoms with E-state index in [0.29, 0.717) is 18.0 Å². The minimum Gasteiger partial charge on any atom is -0.328 e. The largest absolute Gasteiger partial charge is 0.328 e. The van der Waals surface area contributed by atoms with Crippen molar-refractivity contribution in [2.24, 2.45) is 11.7 Å². The van der Waals surface area contributed by atoms with Gasteiger partial charge in [-0.2, -0.15) is 4.31 Å². The molecule has 5 nitrogen and oxygen atoms in total. The summed E-state index contributed by atoms with van der Waals surface area (Å²) in [5.41, 5.74) is 5.97. The van der Waals surface area contributed by atoms with Gasteiger partial charge >= 0.3 is 0 Å². The van der Waals surface area contributed by atoms with Gasteiger partial charge in [-0.3, -0.25) is 4.98 Å². The van der Waals surface area contributed by atoms with Gasteiger partial charge < -0.3 is 5.73 Å². The van der Waals surface area contributed by atoms with E-state index in [-0.39, 0.29) is 12.0 Å². The number of nitrogens with two attached hydrogens (primary N) is 1. The third-order valence-corrected chi connectivity index (χ3v) is 6.35. The predicted molar refractivity (Wildman–Crippen MR) is 86.9 cm³/mol. The Morgan fingerprint density at radius 1 is 1.36 bits per heavy atom. The van der Waals surface area contributed by atoms with Crippen molar-refractivity contribution in [3.05, 3.63) is 36.7 Å². The van der Waals surface area contributed by atoms with Crippen LogP contribution in [0.4, 0.5) is 0 Å². The monoisotopic (exact) mass is 319 g/mol. The Hall–Kier alpha value is -1.50. The highest BCUT2D eigenvalue weighted by molar-refractivity contribution is 7.89. The molecular weight excluding hydrogens is 298 g/mol. The second kappa shape index (κ2) is 5.95. The summed E-state index contributed by atoms with van der Waals surface area (Å²) < 4.78 is 27.7. The van der Waals surface area contributed by atoms with Crippen LogP contribution in [0.15, 0.2) is 41.6 Å². The van der Waals surface area contributed by atoms with Crippen molar-refractivity contribution >= 4 is 20.8 Å². The first kappa shape index (κ1) is 15.4. The first-order valence-electron chi connectivity index (χ1n) is 7.58. The van der Waals surface area contributed by atoms with Crippen LogP contribution in [0.3, 0.4) is 0 Å². The Bertz CT molecular complexity index is 769. The van der Waals surface area contributed by atoms with Crippen LogP contribution >= 0.6 is 0 Å². The van der Waals surface area contributed by atoms with Crippen molar-refractivity contribution in [3.8, 4) is 0 Å². The van der Waals surface area contributed by atoms with E-state index in [1.165, 1.54) is 0 Å². The highest BCUT2D eigenvalue weighted by Gasteiger charge is 2.32. The number of piperidine rings is 1. The van der Waals surface area contributed by atoms with E-state index < -0.39 is 10.0 Å². The number of hydrogen-bond acceptors (Lipinski definition) is 4. The molecule has 0 unspecified atom stereocenters. The molecule has 1 aliphatic heterocycles. The Balaban J connectivity index is 2.01. The van der Waals surface area contributed by atoms with Gasteiger partial charge in [0.15, 0.2) is 0 Å². The van der Waals surface area contributed by atoms with Gasteiger partial charge in [0, 0.05) is 42.3 Å². The molecule has 3 rings (SSSR count). The van der Waals surface area contributed by atoms with Crippen molar-refractivity contribution in [3.63, 3.8) is 0 Å². The van der Waals surface area contributed by atoms with E-state index in [1.54, 1.807) is 34.9 Å². The third-order valence-electron chi connectivity index (χ3n) is 4.42. The quantitative estimate of drug-likeness (QED) is 0.938. The normalized spacial score (nSPS) is 21.8. The van der Waals surface area contributed by atoms with Crippen LogP contribution in [-0.2, 0) is 10.0 Å². The van der Waals surface area contributed by atoms with Crippen molar-refractivity contribution in [1.29, 1.82) is 0 Å². The smallest absolute Gasteiger partial charge is 0.243 e. The van der Waals surface area contributed by atoms with Crippen LogP contribution in [0.1, 0.15) is 19.8 Å². The van der Waals surface area contributed by atoms with E-state index >= 15 is 0 Å². The molecule has 1 aromatic heterocycles. The third kappa shape index (κ3) is 2.74. The molecule has 118 valence electrons. The van der Waals surface area contributed by atoms with Crippen molar-refractivity contribution in [2.45, 2.75) is 30.7 Å². The van der Waals surface area contributed by atoms with Gasteiger partial charge in [0.1, 0.15) is 0 Å². The number of hydrogen-bond donors (Lipinski definition) is 1. The topological polar surface area (TPSA) is 76.3 Å². The molecule has 1 fully saturated rings. The lowest BCUT2D eigenvalue weighted by molar-refractivity contribution is 0.243. The highest BCUT2D eigenvalue weighted by atomic mass is 32.2. The number of pyridine rings is 1. The fourth-order valence-electron chi connectivity index (χ4n) is 3.08. The summed E-state index contributed by atoms with van der Waals surface area (Å²) in [6, 6.07) is 7.09. The molecule has 0 aliphatic carbocycles. The molecule has 1 saturated heterocycles. The lowest BCUT2D eigenvalue weighted by Crippen LogP contribution is -2.44. The Kier molecular flexibility index (Phi) is 4.16. The molecular formula is C16H21N3O2S. The van der Waals surface area contributed by atoms with Crippen LogP contribution in [-0.4, -0.2) is 36.8 Å². The van der Waals surface area contributed by atoms with Gasteiger partial charge in [0.2, 0.25) is 10.0 Å². The van der Waals surface area contributed by atoms with Crippen molar-refractivity contribution in [1.82, 2.24) is 9.29 Å². The molecule has 0 spiro atoms. The zero-order chi connectivity index (χ0) is 15.7. The van der Waals surface area contributed by atoms with Crippen molar-refractivity contribution < 1.29 is 8.42 Å². The van der Waals surface area contributed by atoms with Gasteiger partial charge in [0.25, 0.3) is 0 Å². The van der Waals surface area contributed by atoms with E-state index in [4.69, 9.17) is 5.73 Å². The summed E-state index contributed by atoms with van der Waals surface area (Å²) >= 11 is 0. The van der Waals surface area contributed by atoms with Gasteiger partial charge in [-0.05, 0) is 37.8 Å². The molecule has 1 aliphatic rings. The van der Waals surface area contributed by atoms with Gasteiger partial charge in [-0.25, -0.2) is 8.42 Å². The zero-order valence-corrected chi connectivity index (χ0v) is 13.5. The zero-order valence-electron chi connectivity index (χ0n) is 12.6. The Morgan fingerprint density at radius 3 is 2.95 bits per heavy atom. The molecule has 6 heteroatoms. The van der Waals surface area contributed by atoms with E-state index in [2.05, 4.69) is 4.98 Å². The average Bonchev–Trinajstić information content (AvgIpc) is 2.54. The summed E-state index contributed by atoms with van der Waals surface area (Å²) in [6.07, 6.45) is 5.17. The lowest BCUT2D eigenvalue weighted by atomic mass is 9.93. The van der Waals surface area contributed by atoms with Crippen molar-refractivity contribution in [2.75, 3.05) is 13.1 Å². The van der Waals surface area contributed by atoms with Gasteiger partial charge in [-0.1, -0.05) is 12.1 Å². The summed E-state index contributed by atoms with van der Waals surface area (Å²) in [5, 5.41) is 1.56. The Morgan fingerprint density at radius 2 is 2.18 bits per heavy atom. The minimum atomic E-state index is -3.51. The maximum absolute atomic E-state index is 13.0. The molecule has 0 amide bonds. The predicted octanol–water partition coefficient (Wildman–Crippen LogP) is 1.98. The average molecular weight is 319 g/mol. The summed E-state index contributed by atoms with van der Waals surface area (Å²) in [7, 11) is -3.51. The Labute approximate surface area is 131 Å². The standard InChI is InChI=1S/C16H21N3O2S/c1-12(17)14-5-3-9-19(11-14)22(20,21)16-6-2-4-13-10-18-8-7-15(13)16/h2,4,6-8,10,12,14H,3,5,9,11,17H2,1H3/t12-,14+/m0/s1. The maximum Gasteiger partial charge on any atom is 0.243 e. The summed E-state index contributed by atoms with van der Waals surface area (Å²) in [6.45, 7) is 3.01. The van der Waals surface area contributed by atoms with Crippen LogP contribution in [0.5, 0.6) is 0 Å². The van der Waals surface area contributed by atoms with Crippen LogP contribution in [0.25, 0.3) is 10.8 Å². The second-order valence-electron chi connectivity index (χ2n) is 5.98. The number of fused-ring (bicyclic) bond motifs is 1. The number of benzene rings is 1. The molecule has 2 heterocycles. The van der Waals surface area contributed by atoms with Gasteiger partial charge in [-0.15, -0.1) is 0 Å². The molecule has 22 heavy (non-hydrogen) atoms. The van der Waals surface area contributed by atoms with Gasteiger partial charge in [0.05, 0.1) is 4.90 Å². The van der Waals surface area contributed by atoms with E-state index in [0.717, 1.165) is 23.6 Å². The van der Waals surface area contributed by atoms with E-state index in [9.17, 15) is 8.42 Å². The summed E-state index contributed by atoms with van der Waals surface area (Å²) in [4.78, 5) is 4.42. The molecule has 2 atom stereocenters.